The van der Waals surface area contributed by atoms with Gasteiger partial charge in [0.05, 0.1) is 11.2 Å². The van der Waals surface area contributed by atoms with Crippen molar-refractivity contribution in [3.8, 4) is 0 Å². The van der Waals surface area contributed by atoms with Crippen LogP contribution in [-0.4, -0.2) is 29.3 Å². The Morgan fingerprint density at radius 3 is 2.21 bits per heavy atom. The first-order chi connectivity index (χ1) is 13.9. The molecule has 3 rings (SSSR count). The van der Waals surface area contributed by atoms with Crippen molar-refractivity contribution < 1.29 is 14.4 Å². The highest BCUT2D eigenvalue weighted by Crippen LogP contribution is 2.25. The average Bonchev–Trinajstić information content (AvgIpc) is 2.69. The average molecular weight is 390 g/mol. The molecule has 0 aliphatic rings. The van der Waals surface area contributed by atoms with Crippen LogP contribution in [0.4, 0.5) is 17.1 Å². The molecule has 7 heteroatoms. The van der Waals surface area contributed by atoms with Crippen LogP contribution >= 0.6 is 0 Å². The van der Waals surface area contributed by atoms with Gasteiger partial charge in [-0.05, 0) is 36.4 Å². The normalized spacial score (nSPS) is 10.4. The molecule has 2 N–H and O–H groups in total. The first-order valence-corrected chi connectivity index (χ1v) is 9.23. The molecule has 7 nitrogen and oxygen atoms in total. The standard InChI is InChI=1S/C22H22N4O3/c1-15(27)24-18-8-10-19(11-9-18)25-21(29)12-14-26(16(2)28)20-7-3-5-17-6-4-13-23-22(17)20/h3-11,13H,12,14H2,1-2H3,(H,24,27)(H,25,29). The summed E-state index contributed by atoms with van der Waals surface area (Å²) < 4.78 is 0. The van der Waals surface area contributed by atoms with Crippen LogP contribution in [0.5, 0.6) is 0 Å². The third-order valence-corrected chi connectivity index (χ3v) is 4.33. The molecule has 0 aliphatic carbocycles. The fourth-order valence-corrected chi connectivity index (χ4v) is 3.03. The van der Waals surface area contributed by atoms with Gasteiger partial charge in [-0.3, -0.25) is 19.4 Å². The second-order valence-corrected chi connectivity index (χ2v) is 6.58. The summed E-state index contributed by atoms with van der Waals surface area (Å²) in [7, 11) is 0. The zero-order chi connectivity index (χ0) is 20.8. The van der Waals surface area contributed by atoms with Gasteiger partial charge in [-0.2, -0.15) is 0 Å². The number of anilines is 3. The topological polar surface area (TPSA) is 91.4 Å². The van der Waals surface area contributed by atoms with Crippen LogP contribution in [0.25, 0.3) is 10.9 Å². The summed E-state index contributed by atoms with van der Waals surface area (Å²) in [4.78, 5) is 41.6. The van der Waals surface area contributed by atoms with E-state index in [0.717, 1.165) is 10.9 Å². The van der Waals surface area contributed by atoms with Crippen molar-refractivity contribution in [3.05, 3.63) is 60.8 Å². The van der Waals surface area contributed by atoms with Crippen LogP contribution in [0, 0.1) is 0 Å². The van der Waals surface area contributed by atoms with E-state index >= 15 is 0 Å². The van der Waals surface area contributed by atoms with E-state index in [0.29, 0.717) is 17.1 Å². The number of pyridine rings is 1. The SMILES string of the molecule is CC(=O)Nc1ccc(NC(=O)CCN(C(C)=O)c2cccc3cccnc23)cc1. The van der Waals surface area contributed by atoms with Crippen molar-refractivity contribution in [3.63, 3.8) is 0 Å². The number of hydrogen-bond acceptors (Lipinski definition) is 4. The maximum atomic E-state index is 12.4. The lowest BCUT2D eigenvalue weighted by Crippen LogP contribution is -2.32. The number of hydrogen-bond donors (Lipinski definition) is 2. The lowest BCUT2D eigenvalue weighted by Gasteiger charge is -2.22. The molecule has 0 radical (unpaired) electrons. The van der Waals surface area contributed by atoms with Gasteiger partial charge < -0.3 is 15.5 Å². The van der Waals surface area contributed by atoms with Crippen molar-refractivity contribution in [1.29, 1.82) is 0 Å². The molecule has 0 unspecified atom stereocenters. The molecule has 0 fully saturated rings. The highest BCUT2D eigenvalue weighted by Gasteiger charge is 2.16. The first kappa shape index (κ1) is 20.0. The highest BCUT2D eigenvalue weighted by atomic mass is 16.2. The quantitative estimate of drug-likeness (QED) is 0.673. The summed E-state index contributed by atoms with van der Waals surface area (Å²) >= 11 is 0. The highest BCUT2D eigenvalue weighted by molar-refractivity contribution is 6.02. The Labute approximate surface area is 168 Å². The third kappa shape index (κ3) is 5.16. The minimum atomic E-state index is -0.211. The van der Waals surface area contributed by atoms with Gasteiger partial charge in [0.1, 0.15) is 0 Å². The molecular weight excluding hydrogens is 368 g/mol. The predicted octanol–water partition coefficient (Wildman–Crippen LogP) is 3.57. The number of carbonyl (C=O) groups excluding carboxylic acids is 3. The van der Waals surface area contributed by atoms with E-state index in [4.69, 9.17) is 0 Å². The van der Waals surface area contributed by atoms with Crippen LogP contribution < -0.4 is 15.5 Å². The Bertz CT molecular complexity index is 1040. The van der Waals surface area contributed by atoms with Crippen LogP contribution in [0.3, 0.4) is 0 Å². The van der Waals surface area contributed by atoms with Crippen LogP contribution in [0.2, 0.25) is 0 Å². The molecule has 2 aromatic carbocycles. The molecule has 3 aromatic rings. The maximum absolute atomic E-state index is 12.4. The van der Waals surface area contributed by atoms with E-state index < -0.39 is 0 Å². The Kier molecular flexibility index (Phi) is 6.19. The first-order valence-electron chi connectivity index (χ1n) is 9.23. The van der Waals surface area contributed by atoms with Gasteiger partial charge in [-0.15, -0.1) is 0 Å². The Hall–Kier alpha value is -3.74. The summed E-state index contributed by atoms with van der Waals surface area (Å²) in [5.41, 5.74) is 2.68. The van der Waals surface area contributed by atoms with Gasteiger partial charge in [0, 0.05) is 49.8 Å². The smallest absolute Gasteiger partial charge is 0.226 e. The fourth-order valence-electron chi connectivity index (χ4n) is 3.03. The number of aromatic nitrogens is 1. The summed E-state index contributed by atoms with van der Waals surface area (Å²) in [6.45, 7) is 3.14. The molecule has 0 atom stereocenters. The fraction of sp³-hybridized carbons (Fsp3) is 0.182. The largest absolute Gasteiger partial charge is 0.326 e. The van der Waals surface area contributed by atoms with Crippen LogP contribution in [-0.2, 0) is 14.4 Å². The lowest BCUT2D eigenvalue weighted by molar-refractivity contribution is -0.117. The number of nitrogens with zero attached hydrogens (tertiary/aromatic N) is 2. The minimum Gasteiger partial charge on any atom is -0.326 e. The van der Waals surface area contributed by atoms with Crippen molar-refractivity contribution in [2.24, 2.45) is 0 Å². The number of carbonyl (C=O) groups is 3. The summed E-state index contributed by atoms with van der Waals surface area (Å²) in [5.74, 6) is -0.527. The molecule has 0 saturated carbocycles. The van der Waals surface area contributed by atoms with Gasteiger partial charge in [0.25, 0.3) is 0 Å². The molecule has 0 bridgehead atoms. The van der Waals surface area contributed by atoms with E-state index in [1.165, 1.54) is 13.8 Å². The zero-order valence-electron chi connectivity index (χ0n) is 16.3. The maximum Gasteiger partial charge on any atom is 0.226 e. The van der Waals surface area contributed by atoms with E-state index in [-0.39, 0.29) is 30.7 Å². The van der Waals surface area contributed by atoms with E-state index in [1.807, 2.05) is 30.3 Å². The second-order valence-electron chi connectivity index (χ2n) is 6.58. The molecule has 1 heterocycles. The summed E-state index contributed by atoms with van der Waals surface area (Å²) in [5, 5.41) is 6.40. The van der Waals surface area contributed by atoms with E-state index in [1.54, 1.807) is 35.4 Å². The third-order valence-electron chi connectivity index (χ3n) is 4.33. The van der Waals surface area contributed by atoms with Gasteiger partial charge in [-0.1, -0.05) is 18.2 Å². The van der Waals surface area contributed by atoms with Crippen LogP contribution in [0.1, 0.15) is 20.3 Å². The van der Waals surface area contributed by atoms with E-state index in [2.05, 4.69) is 15.6 Å². The van der Waals surface area contributed by atoms with Gasteiger partial charge in [0.2, 0.25) is 17.7 Å². The van der Waals surface area contributed by atoms with E-state index in [9.17, 15) is 14.4 Å². The Balaban J connectivity index is 1.67. The van der Waals surface area contributed by atoms with Crippen molar-refractivity contribution in [2.75, 3.05) is 22.1 Å². The van der Waals surface area contributed by atoms with Crippen molar-refractivity contribution >= 4 is 45.7 Å². The number of nitrogens with one attached hydrogen (secondary N) is 2. The molecule has 0 spiro atoms. The number of amides is 3. The number of rotatable bonds is 6. The Morgan fingerprint density at radius 1 is 0.897 bits per heavy atom. The summed E-state index contributed by atoms with van der Waals surface area (Å²) in [6, 6.07) is 16.2. The molecule has 1 aromatic heterocycles. The predicted molar refractivity (Wildman–Crippen MR) is 114 cm³/mol. The van der Waals surface area contributed by atoms with Crippen molar-refractivity contribution in [1.82, 2.24) is 4.98 Å². The molecular formula is C22H22N4O3. The van der Waals surface area contributed by atoms with Crippen LogP contribution in [0.15, 0.2) is 60.8 Å². The van der Waals surface area contributed by atoms with Gasteiger partial charge in [-0.25, -0.2) is 0 Å². The molecule has 3 amide bonds. The van der Waals surface area contributed by atoms with Crippen molar-refractivity contribution in [2.45, 2.75) is 20.3 Å². The second kappa shape index (κ2) is 8.97. The molecule has 148 valence electrons. The number of benzene rings is 2. The van der Waals surface area contributed by atoms with Gasteiger partial charge in [0.15, 0.2) is 0 Å². The Morgan fingerprint density at radius 2 is 1.55 bits per heavy atom. The summed E-state index contributed by atoms with van der Waals surface area (Å²) in [6.07, 6.45) is 1.82. The van der Waals surface area contributed by atoms with Gasteiger partial charge >= 0.3 is 0 Å². The monoisotopic (exact) mass is 390 g/mol. The lowest BCUT2D eigenvalue weighted by atomic mass is 10.1. The molecule has 29 heavy (non-hydrogen) atoms. The molecule has 0 aliphatic heterocycles. The minimum absolute atomic E-state index is 0.135. The number of para-hydroxylation sites is 1. The zero-order valence-corrected chi connectivity index (χ0v) is 16.3. The number of fused-ring (bicyclic) bond motifs is 1. The molecule has 0 saturated heterocycles.